The predicted octanol–water partition coefficient (Wildman–Crippen LogP) is 5.28. The number of piperidine rings is 1. The molecule has 11 heteroatoms. The molecule has 6 nitrogen and oxygen atoms in total. The lowest BCUT2D eigenvalue weighted by Crippen LogP contribution is -2.29. The van der Waals surface area contributed by atoms with Crippen LogP contribution in [0.4, 0.5) is 19.0 Å². The first kappa shape index (κ1) is 21.4. The van der Waals surface area contributed by atoms with E-state index in [1.807, 2.05) is 0 Å². The molecule has 0 saturated carbocycles. The van der Waals surface area contributed by atoms with Crippen molar-refractivity contribution in [2.45, 2.75) is 31.4 Å². The molecular weight excluding hydrogens is 466 g/mol. The van der Waals surface area contributed by atoms with Crippen LogP contribution in [0.25, 0.3) is 11.1 Å². The Bertz CT molecular complexity index is 1160. The minimum atomic E-state index is -3.09. The average Bonchev–Trinajstić information content (AvgIpc) is 3.29. The van der Waals surface area contributed by atoms with Crippen LogP contribution in [-0.2, 0) is 0 Å². The number of aromatic nitrogens is 3. The molecular formula is C21H20Cl2F3N5O. The molecule has 1 aliphatic heterocycles. The summed E-state index contributed by atoms with van der Waals surface area (Å²) in [5.74, 6) is -1.19. The highest BCUT2D eigenvalue weighted by molar-refractivity contribution is 6.36. The Morgan fingerprint density at radius 1 is 1.22 bits per heavy atom. The Morgan fingerprint density at radius 3 is 2.69 bits per heavy atom. The first-order valence-corrected chi connectivity index (χ1v) is 10.5. The van der Waals surface area contributed by atoms with E-state index in [2.05, 4.69) is 15.4 Å². The highest BCUT2D eigenvalue weighted by Crippen LogP contribution is 2.39. The van der Waals surface area contributed by atoms with Crippen LogP contribution in [-0.4, -0.2) is 34.3 Å². The van der Waals surface area contributed by atoms with Crippen LogP contribution in [0.2, 0.25) is 10.0 Å². The van der Waals surface area contributed by atoms with Crippen molar-refractivity contribution in [2.24, 2.45) is 0 Å². The first-order valence-electron chi connectivity index (χ1n) is 10.3. The summed E-state index contributed by atoms with van der Waals surface area (Å²) in [7, 11) is 0. The Labute approximate surface area is 193 Å². The molecule has 2 aromatic heterocycles. The van der Waals surface area contributed by atoms with Crippen molar-refractivity contribution in [3.63, 3.8) is 0 Å². The average molecular weight is 487 g/mol. The fraction of sp³-hybridized carbons (Fsp3) is 0.333. The summed E-state index contributed by atoms with van der Waals surface area (Å²) < 4.78 is 57.4. The highest BCUT2D eigenvalue weighted by Gasteiger charge is 2.31. The van der Waals surface area contributed by atoms with Gasteiger partial charge in [0.1, 0.15) is 5.82 Å². The molecule has 1 fully saturated rings. The van der Waals surface area contributed by atoms with Crippen molar-refractivity contribution in [3.8, 4) is 16.9 Å². The van der Waals surface area contributed by atoms with Crippen molar-refractivity contribution >= 4 is 29.0 Å². The third-order valence-electron chi connectivity index (χ3n) is 5.15. The molecule has 0 aliphatic carbocycles. The van der Waals surface area contributed by atoms with Crippen LogP contribution in [0.15, 0.2) is 36.8 Å². The van der Waals surface area contributed by atoms with Gasteiger partial charge in [-0.3, -0.25) is 4.68 Å². The predicted molar refractivity (Wildman–Crippen MR) is 117 cm³/mol. The SMILES string of the molecule is [2H]C1(n2cc(-c3cnc(N)c(OC(c4c(Cl)ccc(F)c4Cl)C(F)F)c3)cn2)CCNCC1. The van der Waals surface area contributed by atoms with E-state index in [1.165, 1.54) is 12.3 Å². The number of nitrogens with one attached hydrogen (secondary N) is 1. The van der Waals surface area contributed by atoms with E-state index in [9.17, 15) is 13.2 Å². The van der Waals surface area contributed by atoms with Crippen LogP contribution in [0.1, 0.15) is 31.9 Å². The van der Waals surface area contributed by atoms with Gasteiger partial charge in [-0.2, -0.15) is 5.10 Å². The minimum absolute atomic E-state index is 0.143. The number of hydrogen-bond donors (Lipinski definition) is 2. The number of halogens is 5. The maximum absolute atomic E-state index is 13.9. The summed E-state index contributed by atoms with van der Waals surface area (Å²) >= 11 is 11.9. The van der Waals surface area contributed by atoms with Gasteiger partial charge in [-0.25, -0.2) is 18.2 Å². The van der Waals surface area contributed by atoms with Crippen LogP contribution in [0, 0.1) is 5.82 Å². The second-order valence-corrected chi connectivity index (χ2v) is 8.01. The largest absolute Gasteiger partial charge is 0.476 e. The van der Waals surface area contributed by atoms with Gasteiger partial charge in [-0.15, -0.1) is 0 Å². The van der Waals surface area contributed by atoms with E-state index in [1.54, 1.807) is 17.1 Å². The van der Waals surface area contributed by atoms with Crippen molar-refractivity contribution in [2.75, 3.05) is 18.8 Å². The third-order valence-corrected chi connectivity index (χ3v) is 5.86. The number of nitrogens with two attached hydrogens (primary N) is 1. The normalized spacial score (nSPS) is 17.2. The van der Waals surface area contributed by atoms with E-state index >= 15 is 0 Å². The number of nitrogen functional groups attached to an aromatic ring is 1. The van der Waals surface area contributed by atoms with Gasteiger partial charge in [0.2, 0.25) is 0 Å². The topological polar surface area (TPSA) is 78.0 Å². The Balaban J connectivity index is 1.66. The molecule has 32 heavy (non-hydrogen) atoms. The van der Waals surface area contributed by atoms with Crippen molar-refractivity contribution in [3.05, 3.63) is 58.2 Å². The Kier molecular flexibility index (Phi) is 6.38. The van der Waals surface area contributed by atoms with Crippen molar-refractivity contribution in [1.82, 2.24) is 20.1 Å². The van der Waals surface area contributed by atoms with Crippen LogP contribution < -0.4 is 15.8 Å². The molecule has 3 N–H and O–H groups in total. The maximum Gasteiger partial charge on any atom is 0.279 e. The molecule has 1 saturated heterocycles. The van der Waals surface area contributed by atoms with Gasteiger partial charge >= 0.3 is 0 Å². The molecule has 170 valence electrons. The number of pyridine rings is 1. The summed E-state index contributed by atoms with van der Waals surface area (Å²) in [6, 6.07) is 2.65. The summed E-state index contributed by atoms with van der Waals surface area (Å²) in [6.45, 7) is 1.42. The molecule has 3 aromatic rings. The standard InChI is InChI=1S/C21H20Cl2F3N5O/c22-14-1-2-15(24)18(23)17(14)19(20(25)26)32-16-7-11(8-29-21(16)27)12-9-30-31(10-12)13-3-5-28-6-4-13/h1-2,7-10,13,19-20,28H,3-6H2,(H2,27,29)/i13D. The molecule has 0 radical (unpaired) electrons. The zero-order chi connectivity index (χ0) is 23.8. The number of hydrogen-bond acceptors (Lipinski definition) is 5. The Hall–Kier alpha value is -2.49. The number of anilines is 1. The molecule has 3 heterocycles. The lowest BCUT2D eigenvalue weighted by atomic mass is 10.1. The molecule has 0 bridgehead atoms. The maximum atomic E-state index is 13.9. The zero-order valence-corrected chi connectivity index (χ0v) is 18.2. The summed E-state index contributed by atoms with van der Waals surface area (Å²) in [5.41, 5.74) is 6.58. The first-order chi connectivity index (χ1) is 15.7. The second-order valence-electron chi connectivity index (χ2n) is 7.23. The molecule has 1 aliphatic rings. The monoisotopic (exact) mass is 486 g/mol. The quantitative estimate of drug-likeness (QED) is 0.463. The fourth-order valence-electron chi connectivity index (χ4n) is 3.47. The Morgan fingerprint density at radius 2 is 1.97 bits per heavy atom. The third kappa shape index (κ3) is 4.65. The van der Waals surface area contributed by atoms with Gasteiger partial charge < -0.3 is 15.8 Å². The zero-order valence-electron chi connectivity index (χ0n) is 17.7. The number of alkyl halides is 2. The highest BCUT2D eigenvalue weighted by atomic mass is 35.5. The molecule has 1 aromatic carbocycles. The lowest BCUT2D eigenvalue weighted by molar-refractivity contribution is 0.0107. The van der Waals surface area contributed by atoms with Crippen molar-refractivity contribution in [1.29, 1.82) is 0 Å². The number of benzene rings is 1. The summed E-state index contributed by atoms with van der Waals surface area (Å²) in [5, 5.41) is 6.80. The van der Waals surface area contributed by atoms with Gasteiger partial charge in [-0.05, 0) is 44.1 Å². The molecule has 0 amide bonds. The minimum Gasteiger partial charge on any atom is -0.476 e. The lowest BCUT2D eigenvalue weighted by Gasteiger charge is -2.22. The molecule has 4 rings (SSSR count). The molecule has 1 unspecified atom stereocenters. The van der Waals surface area contributed by atoms with Crippen LogP contribution in [0.3, 0.4) is 0 Å². The van der Waals surface area contributed by atoms with Gasteiger partial charge in [0, 0.05) is 34.1 Å². The van der Waals surface area contributed by atoms with E-state index < -0.39 is 29.4 Å². The number of ether oxygens (including phenoxy) is 1. The second kappa shape index (κ2) is 9.56. The van der Waals surface area contributed by atoms with E-state index in [0.717, 1.165) is 12.1 Å². The van der Waals surface area contributed by atoms with Gasteiger partial charge in [0.15, 0.2) is 17.7 Å². The van der Waals surface area contributed by atoms with E-state index in [-0.39, 0.29) is 22.2 Å². The summed E-state index contributed by atoms with van der Waals surface area (Å²) in [6.07, 6.45) is 0.814. The van der Waals surface area contributed by atoms with Gasteiger partial charge in [0.25, 0.3) is 6.43 Å². The summed E-state index contributed by atoms with van der Waals surface area (Å²) in [4.78, 5) is 4.04. The van der Waals surface area contributed by atoms with E-state index in [0.29, 0.717) is 37.1 Å². The van der Waals surface area contributed by atoms with E-state index in [4.69, 9.17) is 35.0 Å². The van der Waals surface area contributed by atoms with Gasteiger partial charge in [-0.1, -0.05) is 23.2 Å². The molecule has 0 spiro atoms. The number of nitrogens with zero attached hydrogens (tertiary/aromatic N) is 3. The van der Waals surface area contributed by atoms with Crippen molar-refractivity contribution < 1.29 is 19.3 Å². The number of rotatable bonds is 6. The molecule has 1 atom stereocenters. The van der Waals surface area contributed by atoms with Gasteiger partial charge in [0.05, 0.1) is 18.6 Å². The van der Waals surface area contributed by atoms with Crippen LogP contribution in [0.5, 0.6) is 5.75 Å². The smallest absolute Gasteiger partial charge is 0.279 e. The van der Waals surface area contributed by atoms with Crippen LogP contribution >= 0.6 is 23.2 Å². The fourth-order valence-corrected chi connectivity index (χ4v) is 4.06.